The topological polar surface area (TPSA) is 26.8 Å². The van der Waals surface area contributed by atoms with E-state index in [4.69, 9.17) is 0 Å². The van der Waals surface area contributed by atoms with Crippen molar-refractivity contribution in [3.05, 3.63) is 0 Å². The highest BCUT2D eigenvalue weighted by atomic mass is 16.2. The number of piperazine rings is 1. The quantitative estimate of drug-likeness (QED) is 0.715. The van der Waals surface area contributed by atoms with Gasteiger partial charge in [-0.2, -0.15) is 0 Å². The molecule has 2 heterocycles. The first-order chi connectivity index (χ1) is 11.4. The molecule has 0 aromatic carbocycles. The van der Waals surface area contributed by atoms with Crippen molar-refractivity contribution in [3.63, 3.8) is 0 Å². The summed E-state index contributed by atoms with van der Waals surface area (Å²) in [6.07, 6.45) is 4.49. The third-order valence-corrected chi connectivity index (χ3v) is 5.54. The van der Waals surface area contributed by atoms with Crippen molar-refractivity contribution < 1.29 is 4.79 Å². The smallest absolute Gasteiger partial charge is 0.222 e. The second kappa shape index (κ2) is 9.76. The maximum Gasteiger partial charge on any atom is 0.222 e. The Hall–Kier alpha value is -0.610. The Morgan fingerprint density at radius 2 is 1.50 bits per heavy atom. The second-order valence-corrected chi connectivity index (χ2v) is 8.75. The number of hydrogen-bond donors (Lipinski definition) is 0. The first kappa shape index (κ1) is 19.7. The fraction of sp³-hybridized carbons (Fsp3) is 0.950. The molecule has 0 radical (unpaired) electrons. The summed E-state index contributed by atoms with van der Waals surface area (Å²) in [5, 5.41) is 0. The minimum atomic E-state index is 0.403. The van der Waals surface area contributed by atoms with Crippen LogP contribution >= 0.6 is 0 Å². The van der Waals surface area contributed by atoms with E-state index in [9.17, 15) is 4.79 Å². The molecule has 2 aliphatic rings. The average Bonchev–Trinajstić information content (AvgIpc) is 2.54. The number of carbonyl (C=O) groups is 1. The number of nitrogens with zero attached hydrogens (tertiary/aromatic N) is 3. The van der Waals surface area contributed by atoms with Crippen molar-refractivity contribution in [2.24, 2.45) is 17.8 Å². The van der Waals surface area contributed by atoms with Crippen molar-refractivity contribution in [3.8, 4) is 0 Å². The largest absolute Gasteiger partial charge is 0.340 e. The molecule has 4 heteroatoms. The van der Waals surface area contributed by atoms with Gasteiger partial charge in [0.15, 0.2) is 0 Å². The number of amides is 1. The number of carbonyl (C=O) groups excluding carboxylic acids is 1. The predicted molar refractivity (Wildman–Crippen MR) is 101 cm³/mol. The molecule has 2 saturated heterocycles. The summed E-state index contributed by atoms with van der Waals surface area (Å²) in [5.74, 6) is 2.52. The molecule has 2 rings (SSSR count). The lowest BCUT2D eigenvalue weighted by atomic mass is 9.92. The van der Waals surface area contributed by atoms with Gasteiger partial charge in [-0.05, 0) is 56.7 Å². The van der Waals surface area contributed by atoms with Crippen LogP contribution in [-0.4, -0.2) is 73.0 Å². The van der Waals surface area contributed by atoms with Crippen LogP contribution in [0.2, 0.25) is 0 Å². The SMILES string of the molecule is CC(C)CCN1CCC(CC(=O)N2CCN(CC(C)C)CC2)CC1. The van der Waals surface area contributed by atoms with Gasteiger partial charge in [-0.1, -0.05) is 27.7 Å². The Kier molecular flexibility index (Phi) is 8.02. The molecular weight excluding hydrogens is 298 g/mol. The van der Waals surface area contributed by atoms with Crippen molar-refractivity contribution in [2.75, 3.05) is 52.4 Å². The van der Waals surface area contributed by atoms with Crippen molar-refractivity contribution in [1.82, 2.24) is 14.7 Å². The molecule has 0 atom stereocenters. The Bertz CT molecular complexity index is 367. The zero-order valence-electron chi connectivity index (χ0n) is 16.5. The minimum Gasteiger partial charge on any atom is -0.340 e. The van der Waals surface area contributed by atoms with E-state index in [2.05, 4.69) is 42.4 Å². The first-order valence-electron chi connectivity index (χ1n) is 10.2. The lowest BCUT2D eigenvalue weighted by Crippen LogP contribution is -2.50. The highest BCUT2D eigenvalue weighted by Crippen LogP contribution is 2.22. The summed E-state index contributed by atoms with van der Waals surface area (Å²) in [6, 6.07) is 0. The molecule has 0 spiro atoms. The van der Waals surface area contributed by atoms with Crippen LogP contribution < -0.4 is 0 Å². The molecule has 0 aromatic rings. The Balaban J connectivity index is 1.63. The summed E-state index contributed by atoms with van der Waals surface area (Å²) in [4.78, 5) is 19.8. The van der Waals surface area contributed by atoms with Gasteiger partial charge in [0.05, 0.1) is 0 Å². The summed E-state index contributed by atoms with van der Waals surface area (Å²) in [7, 11) is 0. The molecule has 0 N–H and O–H groups in total. The molecule has 2 aliphatic heterocycles. The van der Waals surface area contributed by atoms with Crippen LogP contribution in [0.3, 0.4) is 0 Å². The molecule has 0 bridgehead atoms. The van der Waals surface area contributed by atoms with E-state index < -0.39 is 0 Å². The third-order valence-electron chi connectivity index (χ3n) is 5.54. The molecule has 24 heavy (non-hydrogen) atoms. The normalized spacial score (nSPS) is 21.8. The van der Waals surface area contributed by atoms with Crippen LogP contribution in [0.4, 0.5) is 0 Å². The van der Waals surface area contributed by atoms with E-state index in [0.717, 1.165) is 45.1 Å². The number of hydrogen-bond acceptors (Lipinski definition) is 3. The Labute approximate surface area is 149 Å². The molecular formula is C20H39N3O. The first-order valence-corrected chi connectivity index (χ1v) is 10.2. The van der Waals surface area contributed by atoms with Gasteiger partial charge in [-0.25, -0.2) is 0 Å². The summed E-state index contributed by atoms with van der Waals surface area (Å²) < 4.78 is 0. The monoisotopic (exact) mass is 337 g/mol. The van der Waals surface area contributed by atoms with E-state index in [0.29, 0.717) is 17.7 Å². The third kappa shape index (κ3) is 6.72. The van der Waals surface area contributed by atoms with Crippen LogP contribution in [0.25, 0.3) is 0 Å². The molecule has 0 saturated carbocycles. The minimum absolute atomic E-state index is 0.403. The Morgan fingerprint density at radius 1 is 0.875 bits per heavy atom. The van der Waals surface area contributed by atoms with E-state index in [1.54, 1.807) is 0 Å². The van der Waals surface area contributed by atoms with E-state index in [1.165, 1.54) is 38.9 Å². The van der Waals surface area contributed by atoms with Crippen LogP contribution in [0, 0.1) is 17.8 Å². The molecule has 0 unspecified atom stereocenters. The molecule has 2 fully saturated rings. The summed E-state index contributed by atoms with van der Waals surface area (Å²) >= 11 is 0. The van der Waals surface area contributed by atoms with E-state index >= 15 is 0 Å². The fourth-order valence-electron chi connectivity index (χ4n) is 3.93. The van der Waals surface area contributed by atoms with Crippen molar-refractivity contribution >= 4 is 5.91 Å². The molecule has 0 aliphatic carbocycles. The van der Waals surface area contributed by atoms with Crippen LogP contribution in [0.5, 0.6) is 0 Å². The summed E-state index contributed by atoms with van der Waals surface area (Å²) in [6.45, 7) is 17.9. The fourth-order valence-corrected chi connectivity index (χ4v) is 3.93. The average molecular weight is 338 g/mol. The van der Waals surface area contributed by atoms with E-state index in [-0.39, 0.29) is 0 Å². The van der Waals surface area contributed by atoms with Gasteiger partial charge < -0.3 is 9.80 Å². The lowest BCUT2D eigenvalue weighted by molar-refractivity contribution is -0.134. The number of likely N-dealkylation sites (tertiary alicyclic amines) is 1. The predicted octanol–water partition coefficient (Wildman–Crippen LogP) is 2.93. The highest BCUT2D eigenvalue weighted by molar-refractivity contribution is 5.76. The lowest BCUT2D eigenvalue weighted by Gasteiger charge is -2.37. The van der Waals surface area contributed by atoms with Crippen molar-refractivity contribution in [2.45, 2.75) is 53.4 Å². The molecule has 1 amide bonds. The standard InChI is InChI=1S/C20H39N3O/c1-17(2)5-8-21-9-6-19(7-10-21)15-20(24)23-13-11-22(12-14-23)16-18(3)4/h17-19H,5-16H2,1-4H3. The zero-order valence-corrected chi connectivity index (χ0v) is 16.5. The molecule has 140 valence electrons. The van der Waals surface area contributed by atoms with Gasteiger partial charge in [-0.15, -0.1) is 0 Å². The van der Waals surface area contributed by atoms with Gasteiger partial charge in [0.25, 0.3) is 0 Å². The maximum atomic E-state index is 12.6. The van der Waals surface area contributed by atoms with Gasteiger partial charge in [0.2, 0.25) is 5.91 Å². The van der Waals surface area contributed by atoms with Crippen molar-refractivity contribution in [1.29, 1.82) is 0 Å². The van der Waals surface area contributed by atoms with Crippen LogP contribution in [0.1, 0.15) is 53.4 Å². The van der Waals surface area contributed by atoms with Gasteiger partial charge in [0, 0.05) is 39.1 Å². The van der Waals surface area contributed by atoms with Gasteiger partial charge >= 0.3 is 0 Å². The van der Waals surface area contributed by atoms with E-state index in [1.807, 2.05) is 0 Å². The second-order valence-electron chi connectivity index (χ2n) is 8.75. The summed E-state index contributed by atoms with van der Waals surface area (Å²) in [5.41, 5.74) is 0. The van der Waals surface area contributed by atoms with Crippen LogP contribution in [-0.2, 0) is 4.79 Å². The van der Waals surface area contributed by atoms with Gasteiger partial charge in [-0.3, -0.25) is 9.69 Å². The van der Waals surface area contributed by atoms with Crippen LogP contribution in [0.15, 0.2) is 0 Å². The molecule has 0 aromatic heterocycles. The molecule has 4 nitrogen and oxygen atoms in total. The number of rotatable bonds is 7. The van der Waals surface area contributed by atoms with Gasteiger partial charge in [0.1, 0.15) is 0 Å². The highest BCUT2D eigenvalue weighted by Gasteiger charge is 2.26. The zero-order chi connectivity index (χ0) is 17.5. The number of piperidine rings is 1. The Morgan fingerprint density at radius 3 is 2.04 bits per heavy atom. The maximum absolute atomic E-state index is 12.6.